The molecule has 6 nitrogen and oxygen atoms in total. The molecule has 6 aromatic heterocycles. The molecule has 56 heavy (non-hydrogen) atoms. The second kappa shape index (κ2) is 15.1. The van der Waals surface area contributed by atoms with Gasteiger partial charge in [-0.3, -0.25) is 19.9 Å². The largest absolute Gasteiger partial charge is 0.255 e. The number of pyridine rings is 6. The number of rotatable bonds is 8. The Labute approximate surface area is 326 Å². The molecule has 9 aromatic rings. The molecule has 0 unspecified atom stereocenters. The maximum absolute atomic E-state index is 5.11. The second-order valence-electron chi connectivity index (χ2n) is 13.7. The number of hydrogen-bond donors (Lipinski definition) is 0. The molecule has 0 saturated heterocycles. The van der Waals surface area contributed by atoms with E-state index in [2.05, 4.69) is 98.8 Å². The molecule has 6 heterocycles. The van der Waals surface area contributed by atoms with Crippen molar-refractivity contribution in [2.75, 3.05) is 0 Å². The minimum Gasteiger partial charge on any atom is -0.255 e. The Balaban J connectivity index is 1.38. The summed E-state index contributed by atoms with van der Waals surface area (Å²) < 4.78 is 0. The molecule has 0 N–H and O–H groups in total. The van der Waals surface area contributed by atoms with Gasteiger partial charge < -0.3 is 0 Å². The Bertz CT molecular complexity index is 2490. The zero-order chi connectivity index (χ0) is 37.8. The summed E-state index contributed by atoms with van der Waals surface area (Å²) in [6.45, 7) is 4.34. The van der Waals surface area contributed by atoms with Crippen LogP contribution in [0.25, 0.3) is 90.1 Å². The van der Waals surface area contributed by atoms with E-state index in [1.807, 2.05) is 72.8 Å². The van der Waals surface area contributed by atoms with Crippen LogP contribution in [0, 0.1) is 13.8 Å². The molecule has 266 valence electrons. The molecule has 0 aliphatic rings. The number of nitrogens with zero attached hydrogens (tertiary/aromatic N) is 6. The van der Waals surface area contributed by atoms with Gasteiger partial charge in [-0.2, -0.15) is 0 Å². The predicted molar refractivity (Wildman–Crippen MR) is 226 cm³/mol. The lowest BCUT2D eigenvalue weighted by Crippen LogP contribution is -1.99. The molecule has 0 amide bonds. The van der Waals surface area contributed by atoms with E-state index in [9.17, 15) is 0 Å². The number of aryl methyl sites for hydroxylation is 2. The summed E-state index contributed by atoms with van der Waals surface area (Å²) in [4.78, 5) is 29.1. The second-order valence-corrected chi connectivity index (χ2v) is 13.7. The van der Waals surface area contributed by atoms with E-state index in [-0.39, 0.29) is 0 Å². The lowest BCUT2D eigenvalue weighted by Gasteiger charge is -2.21. The first-order valence-electron chi connectivity index (χ1n) is 18.6. The molecule has 3 aromatic carbocycles. The minimum atomic E-state index is 0.773. The zero-order valence-corrected chi connectivity index (χ0v) is 31.0. The van der Waals surface area contributed by atoms with Crippen LogP contribution in [0.3, 0.4) is 0 Å². The van der Waals surface area contributed by atoms with Gasteiger partial charge >= 0.3 is 0 Å². The fourth-order valence-electron chi connectivity index (χ4n) is 7.23. The highest BCUT2D eigenvalue weighted by Crippen LogP contribution is 2.45. The van der Waals surface area contributed by atoms with E-state index >= 15 is 0 Å². The maximum atomic E-state index is 5.11. The van der Waals surface area contributed by atoms with Gasteiger partial charge in [-0.1, -0.05) is 72.8 Å². The van der Waals surface area contributed by atoms with E-state index in [0.717, 1.165) is 90.1 Å². The van der Waals surface area contributed by atoms with Crippen molar-refractivity contribution in [3.8, 4) is 90.1 Å². The molecule has 0 bridgehead atoms. The van der Waals surface area contributed by atoms with Crippen LogP contribution in [0.2, 0.25) is 0 Å². The van der Waals surface area contributed by atoms with E-state index in [4.69, 9.17) is 29.9 Å². The minimum absolute atomic E-state index is 0.773. The van der Waals surface area contributed by atoms with Crippen LogP contribution in [0.4, 0.5) is 0 Å². The van der Waals surface area contributed by atoms with Crippen LogP contribution in [0.15, 0.2) is 183 Å². The summed E-state index contributed by atoms with van der Waals surface area (Å²) in [6.07, 6.45) is 7.23. The van der Waals surface area contributed by atoms with Gasteiger partial charge in [0.05, 0.1) is 45.6 Å². The monoisotopic (exact) mass is 720 g/mol. The molecule has 6 heteroatoms. The topological polar surface area (TPSA) is 77.3 Å². The summed E-state index contributed by atoms with van der Waals surface area (Å²) in [7, 11) is 0. The van der Waals surface area contributed by atoms with Crippen LogP contribution in [-0.2, 0) is 0 Å². The van der Waals surface area contributed by atoms with Gasteiger partial charge in [-0.15, -0.1) is 0 Å². The lowest BCUT2D eigenvalue weighted by atomic mass is 9.83. The number of benzene rings is 3. The van der Waals surface area contributed by atoms with Gasteiger partial charge in [0, 0.05) is 24.8 Å². The summed E-state index contributed by atoms with van der Waals surface area (Å²) in [5.41, 5.74) is 17.2. The molecule has 0 aliphatic heterocycles. The Morgan fingerprint density at radius 1 is 0.268 bits per heavy atom. The molecular formula is C50H36N6. The van der Waals surface area contributed by atoms with E-state index in [1.165, 1.54) is 11.1 Å². The average molecular weight is 721 g/mol. The number of aromatic nitrogens is 6. The van der Waals surface area contributed by atoms with Crippen molar-refractivity contribution in [2.45, 2.75) is 13.8 Å². The van der Waals surface area contributed by atoms with Gasteiger partial charge in [-0.25, -0.2) is 9.97 Å². The fraction of sp³-hybridized carbons (Fsp3) is 0.0400. The van der Waals surface area contributed by atoms with Gasteiger partial charge in [0.1, 0.15) is 0 Å². The summed E-state index contributed by atoms with van der Waals surface area (Å²) in [5.74, 6) is 0. The highest BCUT2D eigenvalue weighted by atomic mass is 14.8. The Hall–Kier alpha value is -7.44. The molecule has 0 spiro atoms. The summed E-state index contributed by atoms with van der Waals surface area (Å²) in [5, 5.41) is 0. The fourth-order valence-corrected chi connectivity index (χ4v) is 7.23. The molecule has 9 rings (SSSR count). The quantitative estimate of drug-likeness (QED) is 0.155. The SMILES string of the molecule is Cc1ccccc1-c1cc(-c2cc(-c3ccccn3)nc(-c3ccccn3)c2)c(-c2ccccc2C)cc1-c1cc(-c2ccccn2)nc(-c2ccccn2)c1. The first-order chi connectivity index (χ1) is 27.6. The van der Waals surface area contributed by atoms with Crippen molar-refractivity contribution in [3.05, 3.63) is 194 Å². The standard InChI is InChI=1S/C50H36N6/c1-33-15-3-5-17-37(33)41-31-40(36-29-49(45-21-9-13-25-53-45)56-50(30-36)46-22-10-14-26-54-46)42(38-18-6-4-16-34(38)2)32-39(41)35-27-47(43-19-7-11-23-51-43)55-48(28-35)44-20-8-12-24-52-44/h3-32H,1-2H3. The van der Waals surface area contributed by atoms with Crippen LogP contribution < -0.4 is 0 Å². The van der Waals surface area contributed by atoms with Crippen LogP contribution in [0.5, 0.6) is 0 Å². The van der Waals surface area contributed by atoms with Crippen molar-refractivity contribution in [3.63, 3.8) is 0 Å². The highest BCUT2D eigenvalue weighted by molar-refractivity contribution is 5.97. The van der Waals surface area contributed by atoms with Crippen LogP contribution in [-0.4, -0.2) is 29.9 Å². The summed E-state index contributed by atoms with van der Waals surface area (Å²) in [6, 6.07) is 54.1. The first-order valence-corrected chi connectivity index (χ1v) is 18.6. The van der Waals surface area contributed by atoms with Crippen LogP contribution in [0.1, 0.15) is 11.1 Å². The van der Waals surface area contributed by atoms with Gasteiger partial charge in [0.15, 0.2) is 0 Å². The molecule has 0 saturated carbocycles. The maximum Gasteiger partial charge on any atom is 0.0900 e. The van der Waals surface area contributed by atoms with Crippen molar-refractivity contribution >= 4 is 0 Å². The third-order valence-electron chi connectivity index (χ3n) is 10.0. The highest BCUT2D eigenvalue weighted by Gasteiger charge is 2.21. The van der Waals surface area contributed by atoms with Crippen molar-refractivity contribution in [1.29, 1.82) is 0 Å². The van der Waals surface area contributed by atoms with E-state index in [0.29, 0.717) is 0 Å². The van der Waals surface area contributed by atoms with Crippen molar-refractivity contribution in [2.24, 2.45) is 0 Å². The Morgan fingerprint density at radius 3 is 0.857 bits per heavy atom. The van der Waals surface area contributed by atoms with E-state index < -0.39 is 0 Å². The average Bonchev–Trinajstić information content (AvgIpc) is 3.27. The smallest absolute Gasteiger partial charge is 0.0900 e. The van der Waals surface area contributed by atoms with Gasteiger partial charge in [0.25, 0.3) is 0 Å². The Kier molecular flexibility index (Phi) is 9.27. The molecule has 0 fully saturated rings. The van der Waals surface area contributed by atoms with Crippen LogP contribution >= 0.6 is 0 Å². The van der Waals surface area contributed by atoms with Gasteiger partial charge in [0.2, 0.25) is 0 Å². The van der Waals surface area contributed by atoms with Crippen molar-refractivity contribution < 1.29 is 0 Å². The molecule has 0 radical (unpaired) electrons. The third-order valence-corrected chi connectivity index (χ3v) is 10.0. The third kappa shape index (κ3) is 6.88. The predicted octanol–water partition coefficient (Wildman–Crippen LogP) is 12.0. The zero-order valence-electron chi connectivity index (χ0n) is 31.0. The normalized spacial score (nSPS) is 11.0. The lowest BCUT2D eigenvalue weighted by molar-refractivity contribution is 1.22. The Morgan fingerprint density at radius 2 is 0.571 bits per heavy atom. The number of hydrogen-bond acceptors (Lipinski definition) is 6. The molecule has 0 atom stereocenters. The summed E-state index contributed by atoms with van der Waals surface area (Å²) >= 11 is 0. The van der Waals surface area contributed by atoms with E-state index in [1.54, 1.807) is 24.8 Å². The first kappa shape index (κ1) is 34.3. The van der Waals surface area contributed by atoms with Gasteiger partial charge in [-0.05, 0) is 154 Å². The molecular weight excluding hydrogens is 685 g/mol. The van der Waals surface area contributed by atoms with Crippen molar-refractivity contribution in [1.82, 2.24) is 29.9 Å². The molecule has 0 aliphatic carbocycles.